The number of nitrogens with one attached hydrogen (secondary N) is 1. The first-order valence-corrected chi connectivity index (χ1v) is 9.24. The van der Waals surface area contributed by atoms with Crippen LogP contribution in [0.25, 0.3) is 21.9 Å². The molecule has 0 aliphatic rings. The van der Waals surface area contributed by atoms with Crippen LogP contribution in [0, 0.1) is 5.82 Å². The molecule has 132 valence electrons. The van der Waals surface area contributed by atoms with Crippen molar-refractivity contribution < 1.29 is 22.0 Å². The highest BCUT2D eigenvalue weighted by molar-refractivity contribution is 7.92. The third-order valence-corrected chi connectivity index (χ3v) is 5.45. The molecule has 0 saturated heterocycles. The molecule has 0 radical (unpaired) electrons. The SMILES string of the molecule is COc1cc2c(cc1NS(=O)(=O)c1ccc(F)cc1)oc1ccccc12. The van der Waals surface area contributed by atoms with Crippen LogP contribution >= 0.6 is 0 Å². The molecule has 1 aromatic heterocycles. The van der Waals surface area contributed by atoms with Crippen LogP contribution in [0.5, 0.6) is 5.75 Å². The van der Waals surface area contributed by atoms with E-state index in [4.69, 9.17) is 9.15 Å². The maximum Gasteiger partial charge on any atom is 0.262 e. The fraction of sp³-hybridized carbons (Fsp3) is 0.0526. The maximum atomic E-state index is 13.0. The van der Waals surface area contributed by atoms with Gasteiger partial charge in [-0.2, -0.15) is 0 Å². The van der Waals surface area contributed by atoms with Gasteiger partial charge in [0.25, 0.3) is 10.0 Å². The predicted octanol–water partition coefficient (Wildman–Crippen LogP) is 4.53. The molecule has 1 heterocycles. The summed E-state index contributed by atoms with van der Waals surface area (Å²) in [7, 11) is -2.44. The Morgan fingerprint density at radius 3 is 2.42 bits per heavy atom. The van der Waals surface area contributed by atoms with Crippen molar-refractivity contribution in [3.63, 3.8) is 0 Å². The minimum atomic E-state index is -3.90. The Balaban J connectivity index is 1.82. The van der Waals surface area contributed by atoms with Crippen LogP contribution in [0.3, 0.4) is 0 Å². The molecule has 0 atom stereocenters. The van der Waals surface area contributed by atoms with E-state index in [2.05, 4.69) is 4.72 Å². The molecule has 26 heavy (non-hydrogen) atoms. The Morgan fingerprint density at radius 2 is 1.69 bits per heavy atom. The fourth-order valence-corrected chi connectivity index (χ4v) is 3.88. The summed E-state index contributed by atoms with van der Waals surface area (Å²) in [5.41, 5.74) is 1.47. The van der Waals surface area contributed by atoms with Crippen LogP contribution in [0.4, 0.5) is 10.1 Å². The number of para-hydroxylation sites is 1. The van der Waals surface area contributed by atoms with Gasteiger partial charge in [-0.3, -0.25) is 4.72 Å². The van der Waals surface area contributed by atoms with Crippen molar-refractivity contribution in [3.8, 4) is 5.75 Å². The molecule has 0 unspecified atom stereocenters. The van der Waals surface area contributed by atoms with Gasteiger partial charge in [-0.1, -0.05) is 18.2 Å². The molecular formula is C19H14FNO4S. The van der Waals surface area contributed by atoms with Crippen molar-refractivity contribution in [2.45, 2.75) is 4.90 Å². The topological polar surface area (TPSA) is 68.5 Å². The van der Waals surface area contributed by atoms with Crippen molar-refractivity contribution in [3.05, 3.63) is 66.5 Å². The molecule has 0 amide bonds. The molecule has 0 aliphatic carbocycles. The van der Waals surface area contributed by atoms with Gasteiger partial charge in [0.05, 0.1) is 17.7 Å². The highest BCUT2D eigenvalue weighted by Crippen LogP contribution is 2.37. The number of rotatable bonds is 4. The minimum Gasteiger partial charge on any atom is -0.495 e. The van der Waals surface area contributed by atoms with Gasteiger partial charge in [0.1, 0.15) is 22.7 Å². The summed E-state index contributed by atoms with van der Waals surface area (Å²) >= 11 is 0. The normalized spacial score (nSPS) is 11.8. The summed E-state index contributed by atoms with van der Waals surface area (Å²) in [6.07, 6.45) is 0. The first-order valence-electron chi connectivity index (χ1n) is 7.75. The summed E-state index contributed by atoms with van der Waals surface area (Å²) in [6.45, 7) is 0. The van der Waals surface area contributed by atoms with Crippen molar-refractivity contribution in [1.82, 2.24) is 0 Å². The molecule has 0 saturated carbocycles. The van der Waals surface area contributed by atoms with Gasteiger partial charge < -0.3 is 9.15 Å². The lowest BCUT2D eigenvalue weighted by Gasteiger charge is -2.12. The molecule has 0 fully saturated rings. The molecule has 0 spiro atoms. The molecule has 4 aromatic rings. The van der Waals surface area contributed by atoms with E-state index in [0.29, 0.717) is 16.9 Å². The van der Waals surface area contributed by atoms with E-state index in [0.717, 1.165) is 22.9 Å². The molecular weight excluding hydrogens is 357 g/mol. The van der Waals surface area contributed by atoms with Crippen LogP contribution < -0.4 is 9.46 Å². The van der Waals surface area contributed by atoms with Crippen molar-refractivity contribution in [2.75, 3.05) is 11.8 Å². The smallest absolute Gasteiger partial charge is 0.262 e. The second-order valence-corrected chi connectivity index (χ2v) is 7.39. The number of fused-ring (bicyclic) bond motifs is 3. The van der Waals surface area contributed by atoms with E-state index in [1.54, 1.807) is 12.1 Å². The van der Waals surface area contributed by atoms with E-state index in [1.807, 2.05) is 24.3 Å². The van der Waals surface area contributed by atoms with Gasteiger partial charge in [-0.25, -0.2) is 12.8 Å². The highest BCUT2D eigenvalue weighted by atomic mass is 32.2. The molecule has 3 aromatic carbocycles. The van der Waals surface area contributed by atoms with Crippen LogP contribution in [0.15, 0.2) is 70.0 Å². The molecule has 1 N–H and O–H groups in total. The first-order chi connectivity index (χ1) is 12.5. The number of hydrogen-bond donors (Lipinski definition) is 1. The standard InChI is InChI=1S/C19H14FNO4S/c1-24-19-10-15-14-4-2-3-5-17(14)25-18(15)11-16(19)21-26(22,23)13-8-6-12(20)7-9-13/h2-11,21H,1H3. The fourth-order valence-electron chi connectivity index (χ4n) is 2.82. The van der Waals surface area contributed by atoms with E-state index >= 15 is 0 Å². The van der Waals surface area contributed by atoms with Crippen molar-refractivity contribution >= 4 is 37.6 Å². The van der Waals surface area contributed by atoms with Gasteiger partial charge in [0, 0.05) is 16.8 Å². The Morgan fingerprint density at radius 1 is 0.962 bits per heavy atom. The van der Waals surface area contributed by atoms with E-state index in [1.165, 1.54) is 19.2 Å². The Hall–Kier alpha value is -3.06. The maximum absolute atomic E-state index is 13.0. The number of halogens is 1. The number of hydrogen-bond acceptors (Lipinski definition) is 4. The van der Waals surface area contributed by atoms with Gasteiger partial charge in [0.15, 0.2) is 0 Å². The van der Waals surface area contributed by atoms with E-state index < -0.39 is 15.8 Å². The zero-order valence-corrected chi connectivity index (χ0v) is 14.5. The van der Waals surface area contributed by atoms with Gasteiger partial charge in [-0.15, -0.1) is 0 Å². The molecule has 7 heteroatoms. The lowest BCUT2D eigenvalue weighted by atomic mass is 10.1. The molecule has 0 aliphatic heterocycles. The van der Waals surface area contributed by atoms with E-state index in [9.17, 15) is 12.8 Å². The summed E-state index contributed by atoms with van der Waals surface area (Å²) in [5, 5.41) is 1.73. The molecule has 4 rings (SSSR count). The number of methoxy groups -OCH3 is 1. The summed E-state index contributed by atoms with van der Waals surface area (Å²) in [6, 6.07) is 15.4. The van der Waals surface area contributed by atoms with Crippen LogP contribution in [0.2, 0.25) is 0 Å². The highest BCUT2D eigenvalue weighted by Gasteiger charge is 2.19. The van der Waals surface area contributed by atoms with Crippen molar-refractivity contribution in [1.29, 1.82) is 0 Å². The van der Waals surface area contributed by atoms with Gasteiger partial charge in [-0.05, 0) is 36.4 Å². The monoisotopic (exact) mass is 371 g/mol. The Bertz CT molecular complexity index is 1210. The quantitative estimate of drug-likeness (QED) is 0.572. The Labute approximate surface area is 149 Å². The average Bonchev–Trinajstić information content (AvgIpc) is 2.98. The molecule has 0 bridgehead atoms. The number of sulfonamides is 1. The second-order valence-electron chi connectivity index (χ2n) is 5.71. The van der Waals surface area contributed by atoms with Crippen LogP contribution in [-0.4, -0.2) is 15.5 Å². The number of anilines is 1. The Kier molecular flexibility index (Phi) is 3.81. The average molecular weight is 371 g/mol. The van der Waals surface area contributed by atoms with Crippen LogP contribution in [-0.2, 0) is 10.0 Å². The summed E-state index contributed by atoms with van der Waals surface area (Å²) in [5.74, 6) is -0.153. The predicted molar refractivity (Wildman–Crippen MR) is 97.5 cm³/mol. The van der Waals surface area contributed by atoms with Crippen LogP contribution in [0.1, 0.15) is 0 Å². The van der Waals surface area contributed by atoms with Crippen molar-refractivity contribution in [2.24, 2.45) is 0 Å². The number of ether oxygens (including phenoxy) is 1. The minimum absolute atomic E-state index is 0.0503. The van der Waals surface area contributed by atoms with Gasteiger partial charge >= 0.3 is 0 Å². The third-order valence-electron chi connectivity index (χ3n) is 4.07. The summed E-state index contributed by atoms with van der Waals surface area (Å²) < 4.78 is 51.8. The lowest BCUT2D eigenvalue weighted by molar-refractivity contribution is 0.417. The number of benzene rings is 3. The first kappa shape index (κ1) is 16.4. The van der Waals surface area contributed by atoms with E-state index in [-0.39, 0.29) is 10.6 Å². The second kappa shape index (κ2) is 6.03. The summed E-state index contributed by atoms with van der Waals surface area (Å²) in [4.78, 5) is -0.0503. The zero-order valence-electron chi connectivity index (χ0n) is 13.7. The number of furan rings is 1. The van der Waals surface area contributed by atoms with Gasteiger partial charge in [0.2, 0.25) is 0 Å². The zero-order chi connectivity index (χ0) is 18.3. The largest absolute Gasteiger partial charge is 0.495 e. The lowest BCUT2D eigenvalue weighted by Crippen LogP contribution is -2.13. The third kappa shape index (κ3) is 2.76. The molecule has 5 nitrogen and oxygen atoms in total.